The van der Waals surface area contributed by atoms with Crippen LogP contribution in [0.2, 0.25) is 0 Å². The van der Waals surface area contributed by atoms with E-state index in [4.69, 9.17) is 9.47 Å². The second-order valence-corrected chi connectivity index (χ2v) is 8.93. The summed E-state index contributed by atoms with van der Waals surface area (Å²) in [6, 6.07) is 12.2. The lowest BCUT2D eigenvalue weighted by molar-refractivity contribution is -0.117. The second-order valence-electron chi connectivity index (χ2n) is 8.93. The number of carbonyl (C=O) groups is 3. The average molecular weight is 453 g/mol. The molecular formula is C26H32N2O5. The molecule has 0 saturated carbocycles. The maximum atomic E-state index is 12.5. The van der Waals surface area contributed by atoms with Gasteiger partial charge < -0.3 is 19.7 Å². The topological polar surface area (TPSA) is 84.9 Å². The predicted octanol–water partition coefficient (Wildman–Crippen LogP) is 5.12. The summed E-state index contributed by atoms with van der Waals surface area (Å²) in [7, 11) is 0. The number of hydrogen-bond donors (Lipinski definition) is 1. The van der Waals surface area contributed by atoms with Crippen molar-refractivity contribution in [1.29, 1.82) is 0 Å². The number of benzene rings is 2. The van der Waals surface area contributed by atoms with Crippen molar-refractivity contribution in [2.75, 3.05) is 10.2 Å². The largest absolute Gasteiger partial charge is 0.459 e. The highest BCUT2D eigenvalue weighted by molar-refractivity contribution is 5.96. The van der Waals surface area contributed by atoms with Gasteiger partial charge in [-0.3, -0.25) is 4.79 Å². The number of nitrogens with one attached hydrogen (secondary N) is 1. The number of hydrogen-bond acceptors (Lipinski definition) is 6. The molecule has 0 saturated heterocycles. The first-order chi connectivity index (χ1) is 15.6. The van der Waals surface area contributed by atoms with Crippen LogP contribution in [0, 0.1) is 0 Å². The predicted molar refractivity (Wildman–Crippen MR) is 128 cm³/mol. The van der Waals surface area contributed by atoms with Crippen molar-refractivity contribution in [2.45, 2.75) is 72.3 Å². The Hall–Kier alpha value is -3.35. The van der Waals surface area contributed by atoms with Crippen LogP contribution in [0.5, 0.6) is 0 Å². The molecule has 2 atom stereocenters. The van der Waals surface area contributed by atoms with E-state index in [0.717, 1.165) is 16.9 Å². The molecule has 33 heavy (non-hydrogen) atoms. The molecule has 0 radical (unpaired) electrons. The number of esters is 2. The van der Waals surface area contributed by atoms with Crippen LogP contribution in [-0.4, -0.2) is 36.1 Å². The smallest absolute Gasteiger partial charge is 0.338 e. The number of anilines is 2. The van der Waals surface area contributed by atoms with Crippen molar-refractivity contribution in [2.24, 2.45) is 0 Å². The van der Waals surface area contributed by atoms with E-state index in [1.54, 1.807) is 49.9 Å². The van der Waals surface area contributed by atoms with Crippen LogP contribution in [0.25, 0.3) is 0 Å². The quantitative estimate of drug-likeness (QED) is 0.613. The Morgan fingerprint density at radius 1 is 0.909 bits per heavy atom. The van der Waals surface area contributed by atoms with Gasteiger partial charge in [0.25, 0.3) is 0 Å². The van der Waals surface area contributed by atoms with Gasteiger partial charge in [0.1, 0.15) is 0 Å². The third kappa shape index (κ3) is 5.72. The molecule has 1 N–H and O–H groups in total. The zero-order chi connectivity index (χ0) is 24.3. The first kappa shape index (κ1) is 24.3. The third-order valence-corrected chi connectivity index (χ3v) is 5.40. The maximum absolute atomic E-state index is 12.5. The van der Waals surface area contributed by atoms with Gasteiger partial charge in [-0.05, 0) is 89.1 Å². The van der Waals surface area contributed by atoms with Gasteiger partial charge >= 0.3 is 11.9 Å². The van der Waals surface area contributed by atoms with E-state index in [9.17, 15) is 14.4 Å². The summed E-state index contributed by atoms with van der Waals surface area (Å²) < 4.78 is 10.6. The first-order valence-corrected chi connectivity index (χ1v) is 11.3. The van der Waals surface area contributed by atoms with Crippen LogP contribution in [0.1, 0.15) is 80.3 Å². The number of ether oxygens (including phenoxy) is 2. The average Bonchev–Trinajstić information content (AvgIpc) is 2.72. The Balaban J connectivity index is 1.91. The zero-order valence-corrected chi connectivity index (χ0v) is 20.0. The van der Waals surface area contributed by atoms with Crippen LogP contribution >= 0.6 is 0 Å². The fraction of sp³-hybridized carbons (Fsp3) is 0.423. The molecule has 7 heteroatoms. The molecule has 176 valence electrons. The summed E-state index contributed by atoms with van der Waals surface area (Å²) in [6.45, 7) is 10.8. The molecule has 0 bridgehead atoms. The third-order valence-electron chi connectivity index (χ3n) is 5.40. The summed E-state index contributed by atoms with van der Waals surface area (Å²) in [5.74, 6) is -0.807. The van der Waals surface area contributed by atoms with Gasteiger partial charge in [0.05, 0.1) is 29.4 Å². The van der Waals surface area contributed by atoms with Crippen molar-refractivity contribution in [1.82, 2.24) is 0 Å². The first-order valence-electron chi connectivity index (χ1n) is 11.3. The lowest BCUT2D eigenvalue weighted by Gasteiger charge is -2.39. The summed E-state index contributed by atoms with van der Waals surface area (Å²) in [5, 5.41) is 3.50. The molecule has 7 nitrogen and oxygen atoms in total. The van der Waals surface area contributed by atoms with E-state index in [1.165, 1.54) is 0 Å². The Morgan fingerprint density at radius 2 is 1.45 bits per heavy atom. The lowest BCUT2D eigenvalue weighted by Crippen LogP contribution is -2.43. The highest BCUT2D eigenvalue weighted by Crippen LogP contribution is 2.39. The zero-order valence-electron chi connectivity index (χ0n) is 20.0. The minimum absolute atomic E-state index is 0.0266. The van der Waals surface area contributed by atoms with Crippen molar-refractivity contribution >= 4 is 29.2 Å². The van der Waals surface area contributed by atoms with Crippen molar-refractivity contribution in [3.63, 3.8) is 0 Å². The van der Waals surface area contributed by atoms with Crippen molar-refractivity contribution < 1.29 is 23.9 Å². The standard InChI is InChI=1S/C26H32N2O5/c1-15(2)32-25(30)19-7-10-21(11-8-19)27-23-13-17(5)28(18(6)29)24-12-9-20(14-22(23)24)26(31)33-16(3)4/h7-12,14-17,23,27H,13H2,1-6H3. The summed E-state index contributed by atoms with van der Waals surface area (Å²) in [4.78, 5) is 38.7. The molecule has 2 aromatic carbocycles. The van der Waals surface area contributed by atoms with E-state index in [1.807, 2.05) is 39.0 Å². The van der Waals surface area contributed by atoms with Crippen LogP contribution in [-0.2, 0) is 14.3 Å². The van der Waals surface area contributed by atoms with E-state index in [-0.39, 0.29) is 36.2 Å². The van der Waals surface area contributed by atoms with Gasteiger partial charge in [-0.2, -0.15) is 0 Å². The number of nitrogens with zero attached hydrogens (tertiary/aromatic N) is 1. The molecule has 2 unspecified atom stereocenters. The van der Waals surface area contributed by atoms with Crippen LogP contribution in [0.4, 0.5) is 11.4 Å². The molecule has 1 aliphatic heterocycles. The lowest BCUT2D eigenvalue weighted by atomic mass is 9.90. The number of rotatable bonds is 6. The van der Waals surface area contributed by atoms with E-state index in [0.29, 0.717) is 17.5 Å². The molecule has 2 aromatic rings. The van der Waals surface area contributed by atoms with E-state index < -0.39 is 5.97 Å². The van der Waals surface area contributed by atoms with E-state index >= 15 is 0 Å². The fourth-order valence-electron chi connectivity index (χ4n) is 4.08. The van der Waals surface area contributed by atoms with Crippen LogP contribution in [0.15, 0.2) is 42.5 Å². The monoisotopic (exact) mass is 452 g/mol. The minimum Gasteiger partial charge on any atom is -0.459 e. The van der Waals surface area contributed by atoms with Gasteiger partial charge in [-0.15, -0.1) is 0 Å². The van der Waals surface area contributed by atoms with Crippen molar-refractivity contribution in [3.05, 3.63) is 59.2 Å². The van der Waals surface area contributed by atoms with Crippen LogP contribution in [0.3, 0.4) is 0 Å². The van der Waals surface area contributed by atoms with Crippen molar-refractivity contribution in [3.8, 4) is 0 Å². The molecule has 1 aliphatic rings. The minimum atomic E-state index is -0.396. The molecule has 0 fully saturated rings. The van der Waals surface area contributed by atoms with Gasteiger partial charge in [0.2, 0.25) is 5.91 Å². The number of carbonyl (C=O) groups excluding carboxylic acids is 3. The van der Waals surface area contributed by atoms with Gasteiger partial charge in [-0.25, -0.2) is 9.59 Å². The molecule has 3 rings (SSSR count). The Morgan fingerprint density at radius 3 is 2.00 bits per heavy atom. The molecule has 1 heterocycles. The fourth-order valence-corrected chi connectivity index (χ4v) is 4.08. The Bertz CT molecular complexity index is 1030. The van der Waals surface area contributed by atoms with Crippen LogP contribution < -0.4 is 10.2 Å². The Labute approximate surface area is 195 Å². The summed E-state index contributed by atoms with van der Waals surface area (Å²) in [5.41, 5.74) is 3.37. The van der Waals surface area contributed by atoms with Gasteiger partial charge in [0, 0.05) is 24.3 Å². The van der Waals surface area contributed by atoms with E-state index in [2.05, 4.69) is 5.32 Å². The van der Waals surface area contributed by atoms with Gasteiger partial charge in [-0.1, -0.05) is 0 Å². The molecule has 0 aromatic heterocycles. The summed E-state index contributed by atoms with van der Waals surface area (Å²) >= 11 is 0. The highest BCUT2D eigenvalue weighted by atomic mass is 16.5. The number of fused-ring (bicyclic) bond motifs is 1. The highest BCUT2D eigenvalue weighted by Gasteiger charge is 2.33. The SMILES string of the molecule is CC(=O)N1c2ccc(C(=O)OC(C)C)cc2C(Nc2ccc(C(=O)OC(C)C)cc2)CC1C. The molecule has 0 aliphatic carbocycles. The summed E-state index contributed by atoms with van der Waals surface area (Å²) in [6.07, 6.45) is 0.250. The number of amides is 1. The molecular weight excluding hydrogens is 420 g/mol. The maximum Gasteiger partial charge on any atom is 0.338 e. The normalized spacial score (nSPS) is 17.5. The second kappa shape index (κ2) is 10.1. The Kier molecular flexibility index (Phi) is 7.41. The molecule has 0 spiro atoms. The van der Waals surface area contributed by atoms with Gasteiger partial charge in [0.15, 0.2) is 0 Å². The molecule has 1 amide bonds.